The monoisotopic (exact) mass is 224 g/mol. The van der Waals surface area contributed by atoms with Crippen molar-refractivity contribution in [3.63, 3.8) is 0 Å². The first-order chi connectivity index (χ1) is 7.81. The first-order valence-electron chi connectivity index (χ1n) is 7.31. The summed E-state index contributed by atoms with van der Waals surface area (Å²) in [6.45, 7) is 4.82. The van der Waals surface area contributed by atoms with Gasteiger partial charge in [-0.3, -0.25) is 0 Å². The number of hydrogen-bond donors (Lipinski definition) is 1. The van der Waals surface area contributed by atoms with E-state index < -0.39 is 0 Å². The second kappa shape index (κ2) is 6.02. The molecule has 0 spiro atoms. The van der Waals surface area contributed by atoms with Crippen LogP contribution in [0, 0.1) is 5.92 Å². The number of nitrogens with zero attached hydrogens (tertiary/aromatic N) is 1. The molecular weight excluding hydrogens is 196 g/mol. The highest BCUT2D eigenvalue weighted by Crippen LogP contribution is 2.36. The molecule has 2 rings (SSSR count). The first kappa shape index (κ1) is 12.4. The Morgan fingerprint density at radius 1 is 1.19 bits per heavy atom. The topological polar surface area (TPSA) is 29.3 Å². The molecule has 1 aliphatic carbocycles. The zero-order chi connectivity index (χ0) is 11.4. The molecular formula is C14H28N2. The van der Waals surface area contributed by atoms with Crippen LogP contribution in [0.1, 0.15) is 58.3 Å². The zero-order valence-corrected chi connectivity index (χ0v) is 10.8. The average Bonchev–Trinajstić information content (AvgIpc) is 2.75. The Morgan fingerprint density at radius 2 is 2.00 bits per heavy atom. The van der Waals surface area contributed by atoms with Crippen molar-refractivity contribution >= 4 is 0 Å². The molecule has 0 bridgehead atoms. The van der Waals surface area contributed by atoms with Crippen LogP contribution in [-0.2, 0) is 0 Å². The highest BCUT2D eigenvalue weighted by Gasteiger charge is 2.34. The number of hydrogen-bond acceptors (Lipinski definition) is 2. The van der Waals surface area contributed by atoms with Crippen molar-refractivity contribution in [3.05, 3.63) is 0 Å². The summed E-state index contributed by atoms with van der Waals surface area (Å²) >= 11 is 0. The fraction of sp³-hybridized carbons (Fsp3) is 1.00. The first-order valence-corrected chi connectivity index (χ1v) is 7.31. The second-order valence-corrected chi connectivity index (χ2v) is 5.77. The van der Waals surface area contributed by atoms with Crippen LogP contribution >= 0.6 is 0 Å². The summed E-state index contributed by atoms with van der Waals surface area (Å²) in [7, 11) is 0. The molecule has 0 amide bonds. The smallest absolute Gasteiger partial charge is 0.0123 e. The van der Waals surface area contributed by atoms with E-state index in [1.165, 1.54) is 64.5 Å². The molecule has 3 unspecified atom stereocenters. The van der Waals surface area contributed by atoms with Crippen molar-refractivity contribution in [2.75, 3.05) is 13.1 Å². The van der Waals surface area contributed by atoms with Crippen molar-refractivity contribution < 1.29 is 0 Å². The summed E-state index contributed by atoms with van der Waals surface area (Å²) in [5.41, 5.74) is 6.11. The fourth-order valence-corrected chi connectivity index (χ4v) is 3.68. The molecule has 0 radical (unpaired) electrons. The van der Waals surface area contributed by atoms with E-state index in [2.05, 4.69) is 11.8 Å². The molecule has 16 heavy (non-hydrogen) atoms. The second-order valence-electron chi connectivity index (χ2n) is 5.77. The molecule has 1 saturated heterocycles. The van der Waals surface area contributed by atoms with E-state index in [0.29, 0.717) is 6.04 Å². The Bertz CT molecular complexity index is 205. The van der Waals surface area contributed by atoms with Gasteiger partial charge in [0.05, 0.1) is 0 Å². The van der Waals surface area contributed by atoms with E-state index >= 15 is 0 Å². The molecule has 2 heteroatoms. The molecule has 2 N–H and O–H groups in total. The number of likely N-dealkylation sites (tertiary alicyclic amines) is 1. The molecule has 2 fully saturated rings. The van der Waals surface area contributed by atoms with Gasteiger partial charge in [-0.25, -0.2) is 0 Å². The highest BCUT2D eigenvalue weighted by atomic mass is 15.2. The van der Waals surface area contributed by atoms with Gasteiger partial charge in [0.25, 0.3) is 0 Å². The maximum absolute atomic E-state index is 6.11. The minimum atomic E-state index is 0.437. The van der Waals surface area contributed by atoms with Gasteiger partial charge in [0.15, 0.2) is 0 Å². The van der Waals surface area contributed by atoms with Crippen molar-refractivity contribution in [1.82, 2.24) is 4.90 Å². The minimum absolute atomic E-state index is 0.437. The average molecular weight is 224 g/mol. The van der Waals surface area contributed by atoms with E-state index in [9.17, 15) is 0 Å². The lowest BCUT2D eigenvalue weighted by atomic mass is 9.91. The van der Waals surface area contributed by atoms with Crippen LogP contribution in [-0.4, -0.2) is 30.1 Å². The van der Waals surface area contributed by atoms with Crippen molar-refractivity contribution in [2.45, 2.75) is 70.4 Å². The van der Waals surface area contributed by atoms with Crippen LogP contribution < -0.4 is 5.73 Å². The number of fused-ring (bicyclic) bond motifs is 1. The fourth-order valence-electron chi connectivity index (χ4n) is 3.68. The largest absolute Gasteiger partial charge is 0.328 e. The van der Waals surface area contributed by atoms with Gasteiger partial charge in [-0.05, 0) is 57.5 Å². The summed E-state index contributed by atoms with van der Waals surface area (Å²) < 4.78 is 0. The number of nitrogens with two attached hydrogens (primary N) is 1. The molecule has 1 heterocycles. The van der Waals surface area contributed by atoms with E-state index in [1.54, 1.807) is 0 Å². The van der Waals surface area contributed by atoms with Crippen LogP contribution in [0.15, 0.2) is 0 Å². The SMILES string of the molecule is CCCC(N)CCN1CCCC2CCCC21. The van der Waals surface area contributed by atoms with Crippen LogP contribution in [0.3, 0.4) is 0 Å². The third kappa shape index (κ3) is 2.98. The molecule has 1 aliphatic heterocycles. The zero-order valence-electron chi connectivity index (χ0n) is 10.8. The summed E-state index contributed by atoms with van der Waals surface area (Å²) in [6, 6.07) is 1.36. The number of rotatable bonds is 5. The third-order valence-corrected chi connectivity index (χ3v) is 4.55. The third-order valence-electron chi connectivity index (χ3n) is 4.55. The van der Waals surface area contributed by atoms with Gasteiger partial charge in [0.1, 0.15) is 0 Å². The Hall–Kier alpha value is -0.0800. The van der Waals surface area contributed by atoms with E-state index in [0.717, 1.165) is 12.0 Å². The predicted molar refractivity (Wildman–Crippen MR) is 69.4 cm³/mol. The maximum Gasteiger partial charge on any atom is 0.0123 e. The quantitative estimate of drug-likeness (QED) is 0.778. The van der Waals surface area contributed by atoms with Crippen LogP contribution in [0.5, 0.6) is 0 Å². The molecule has 1 saturated carbocycles. The molecule has 2 nitrogen and oxygen atoms in total. The molecule has 0 aromatic carbocycles. The lowest BCUT2D eigenvalue weighted by molar-refractivity contribution is 0.109. The summed E-state index contributed by atoms with van der Waals surface area (Å²) in [4.78, 5) is 2.75. The Balaban J connectivity index is 1.75. The van der Waals surface area contributed by atoms with Gasteiger partial charge in [-0.1, -0.05) is 19.8 Å². The van der Waals surface area contributed by atoms with Gasteiger partial charge < -0.3 is 10.6 Å². The van der Waals surface area contributed by atoms with E-state index in [-0.39, 0.29) is 0 Å². The Kier molecular flexibility index (Phi) is 4.66. The van der Waals surface area contributed by atoms with Crippen molar-refractivity contribution in [2.24, 2.45) is 11.7 Å². The minimum Gasteiger partial charge on any atom is -0.328 e. The molecule has 0 aromatic rings. The predicted octanol–water partition coefficient (Wildman–Crippen LogP) is 2.77. The van der Waals surface area contributed by atoms with Gasteiger partial charge in [0.2, 0.25) is 0 Å². The number of piperidine rings is 1. The molecule has 94 valence electrons. The lowest BCUT2D eigenvalue weighted by Gasteiger charge is -2.38. The maximum atomic E-state index is 6.11. The Morgan fingerprint density at radius 3 is 2.81 bits per heavy atom. The van der Waals surface area contributed by atoms with Gasteiger partial charge in [-0.15, -0.1) is 0 Å². The summed E-state index contributed by atoms with van der Waals surface area (Å²) in [5, 5.41) is 0. The van der Waals surface area contributed by atoms with Gasteiger partial charge >= 0.3 is 0 Å². The molecule has 3 atom stereocenters. The normalized spacial score (nSPS) is 32.6. The molecule has 2 aliphatic rings. The van der Waals surface area contributed by atoms with Gasteiger partial charge in [0, 0.05) is 12.1 Å². The van der Waals surface area contributed by atoms with Crippen molar-refractivity contribution in [3.8, 4) is 0 Å². The van der Waals surface area contributed by atoms with Crippen molar-refractivity contribution in [1.29, 1.82) is 0 Å². The highest BCUT2D eigenvalue weighted by molar-refractivity contribution is 4.89. The standard InChI is InChI=1S/C14H28N2/c1-2-5-13(15)9-11-16-10-4-7-12-6-3-8-14(12)16/h12-14H,2-11,15H2,1H3. The van der Waals surface area contributed by atoms with E-state index in [4.69, 9.17) is 5.73 Å². The summed E-state index contributed by atoms with van der Waals surface area (Å²) in [6.07, 6.45) is 10.9. The van der Waals surface area contributed by atoms with Gasteiger partial charge in [-0.2, -0.15) is 0 Å². The van der Waals surface area contributed by atoms with E-state index in [1.807, 2.05) is 0 Å². The van der Waals surface area contributed by atoms with Crippen LogP contribution in [0.25, 0.3) is 0 Å². The molecule has 0 aromatic heterocycles. The Labute approximate surface area is 101 Å². The summed E-state index contributed by atoms with van der Waals surface area (Å²) in [5.74, 6) is 1.02. The lowest BCUT2D eigenvalue weighted by Crippen LogP contribution is -2.44. The van der Waals surface area contributed by atoms with Crippen LogP contribution in [0.2, 0.25) is 0 Å². The van der Waals surface area contributed by atoms with Crippen LogP contribution in [0.4, 0.5) is 0 Å².